The number of esters is 1. The number of carbonyl (C=O) groups excluding carboxylic acids is 4. The number of nitrogens with zero attached hydrogens (tertiary/aromatic N) is 2. The molecule has 2 heterocycles. The lowest BCUT2D eigenvalue weighted by atomic mass is 10.1. The Morgan fingerprint density at radius 3 is 2.61 bits per heavy atom. The van der Waals surface area contributed by atoms with Gasteiger partial charge in [0.05, 0.1) is 15.1 Å². The molecule has 3 amide bonds. The Kier molecular flexibility index (Phi) is 8.35. The molecule has 2 fully saturated rings. The standard InChI is InChI=1S/C21H23IN2O6S/c1-2-29-19(26)13-30-16-7-6-14(10-15(16)22)11-17-20(27)24(21(28)31-17)12-18(25)23-8-4-3-5-9-23/h6-7,10-11H,2-5,8-9,12-13H2,1H3/b17-11-. The van der Waals surface area contributed by atoms with Crippen molar-refractivity contribution in [1.29, 1.82) is 0 Å². The molecule has 0 N–H and O–H groups in total. The summed E-state index contributed by atoms with van der Waals surface area (Å²) in [6.45, 7) is 2.95. The summed E-state index contributed by atoms with van der Waals surface area (Å²) in [5.41, 5.74) is 0.709. The third kappa shape index (κ3) is 6.22. The molecule has 2 saturated heterocycles. The Morgan fingerprint density at radius 1 is 1.19 bits per heavy atom. The number of hydrogen-bond acceptors (Lipinski definition) is 7. The number of ether oxygens (including phenoxy) is 2. The first-order chi connectivity index (χ1) is 14.9. The van der Waals surface area contributed by atoms with Crippen molar-refractivity contribution < 1.29 is 28.7 Å². The van der Waals surface area contributed by atoms with E-state index in [-0.39, 0.29) is 30.6 Å². The van der Waals surface area contributed by atoms with Gasteiger partial charge in [-0.05, 0) is 84.3 Å². The van der Waals surface area contributed by atoms with Gasteiger partial charge in [0.1, 0.15) is 12.3 Å². The third-order valence-corrected chi connectivity index (χ3v) is 6.53. The van der Waals surface area contributed by atoms with Gasteiger partial charge >= 0.3 is 5.97 Å². The minimum atomic E-state index is -0.460. The van der Waals surface area contributed by atoms with Crippen molar-refractivity contribution in [1.82, 2.24) is 9.80 Å². The fourth-order valence-corrected chi connectivity index (χ4v) is 4.76. The molecule has 10 heteroatoms. The molecule has 2 aliphatic heterocycles. The van der Waals surface area contributed by atoms with Crippen molar-refractivity contribution in [3.05, 3.63) is 32.2 Å². The maximum absolute atomic E-state index is 12.7. The number of rotatable bonds is 7. The van der Waals surface area contributed by atoms with E-state index in [1.807, 2.05) is 0 Å². The van der Waals surface area contributed by atoms with Crippen LogP contribution in [0.15, 0.2) is 23.1 Å². The SMILES string of the molecule is CCOC(=O)COc1ccc(/C=C2\SC(=O)N(CC(=O)N3CCCCC3)C2=O)cc1I. The van der Waals surface area contributed by atoms with E-state index in [0.29, 0.717) is 24.4 Å². The summed E-state index contributed by atoms with van der Waals surface area (Å²) in [6.07, 6.45) is 4.62. The molecule has 31 heavy (non-hydrogen) atoms. The molecule has 0 unspecified atom stereocenters. The van der Waals surface area contributed by atoms with E-state index in [9.17, 15) is 19.2 Å². The van der Waals surface area contributed by atoms with Crippen LogP contribution in [0.3, 0.4) is 0 Å². The molecule has 8 nitrogen and oxygen atoms in total. The minimum Gasteiger partial charge on any atom is -0.481 e. The smallest absolute Gasteiger partial charge is 0.344 e. The van der Waals surface area contributed by atoms with Gasteiger partial charge in [-0.25, -0.2) is 4.79 Å². The predicted molar refractivity (Wildman–Crippen MR) is 124 cm³/mol. The van der Waals surface area contributed by atoms with E-state index in [4.69, 9.17) is 9.47 Å². The van der Waals surface area contributed by atoms with Gasteiger partial charge in [0.15, 0.2) is 6.61 Å². The molecule has 0 aromatic heterocycles. The average Bonchev–Trinajstić information content (AvgIpc) is 3.01. The molecular formula is C21H23IN2O6S. The quantitative estimate of drug-likeness (QED) is 0.288. The largest absolute Gasteiger partial charge is 0.481 e. The molecule has 3 rings (SSSR count). The van der Waals surface area contributed by atoms with Crippen LogP contribution in [0.1, 0.15) is 31.7 Å². The number of halogens is 1. The van der Waals surface area contributed by atoms with Crippen LogP contribution >= 0.6 is 34.4 Å². The third-order valence-electron chi connectivity index (χ3n) is 4.78. The van der Waals surface area contributed by atoms with Crippen LogP contribution in [0.25, 0.3) is 6.08 Å². The zero-order valence-electron chi connectivity index (χ0n) is 17.1. The van der Waals surface area contributed by atoms with Crippen LogP contribution < -0.4 is 4.74 Å². The van der Waals surface area contributed by atoms with Gasteiger partial charge in [-0.1, -0.05) is 6.07 Å². The fraction of sp³-hybridized carbons (Fsp3) is 0.429. The number of imide groups is 1. The molecular weight excluding hydrogens is 535 g/mol. The number of amides is 3. The van der Waals surface area contributed by atoms with Crippen LogP contribution in [0.4, 0.5) is 4.79 Å². The number of hydrogen-bond donors (Lipinski definition) is 0. The molecule has 0 bridgehead atoms. The molecule has 166 valence electrons. The number of piperidine rings is 1. The number of benzene rings is 1. The van der Waals surface area contributed by atoms with Crippen molar-refractivity contribution in [2.24, 2.45) is 0 Å². The minimum absolute atomic E-state index is 0.187. The number of thioether (sulfide) groups is 1. The zero-order chi connectivity index (χ0) is 22.4. The highest BCUT2D eigenvalue weighted by Crippen LogP contribution is 2.33. The lowest BCUT2D eigenvalue weighted by Gasteiger charge is -2.27. The number of likely N-dealkylation sites (tertiary alicyclic amines) is 1. The van der Waals surface area contributed by atoms with Crippen molar-refractivity contribution >= 4 is 63.5 Å². The summed E-state index contributed by atoms with van der Waals surface area (Å²) in [5, 5.41) is -0.439. The maximum atomic E-state index is 12.7. The average molecular weight is 558 g/mol. The van der Waals surface area contributed by atoms with Gasteiger partial charge in [0.2, 0.25) is 5.91 Å². The Morgan fingerprint density at radius 2 is 1.94 bits per heavy atom. The topological polar surface area (TPSA) is 93.2 Å². The summed E-state index contributed by atoms with van der Waals surface area (Å²) < 4.78 is 11.0. The summed E-state index contributed by atoms with van der Waals surface area (Å²) in [6, 6.07) is 5.21. The summed E-state index contributed by atoms with van der Waals surface area (Å²) >= 11 is 2.90. The van der Waals surface area contributed by atoms with E-state index in [1.165, 1.54) is 0 Å². The van der Waals surface area contributed by atoms with Crippen molar-refractivity contribution in [3.63, 3.8) is 0 Å². The normalized spacial score (nSPS) is 17.9. The van der Waals surface area contributed by atoms with E-state index in [0.717, 1.165) is 39.5 Å². The van der Waals surface area contributed by atoms with Crippen LogP contribution in [-0.2, 0) is 19.1 Å². The summed E-state index contributed by atoms with van der Waals surface area (Å²) in [7, 11) is 0. The van der Waals surface area contributed by atoms with Crippen molar-refractivity contribution in [3.8, 4) is 5.75 Å². The molecule has 0 spiro atoms. The van der Waals surface area contributed by atoms with Crippen molar-refractivity contribution in [2.45, 2.75) is 26.2 Å². The summed E-state index contributed by atoms with van der Waals surface area (Å²) in [4.78, 5) is 51.9. The van der Waals surface area contributed by atoms with Gasteiger partial charge in [-0.3, -0.25) is 19.3 Å². The van der Waals surface area contributed by atoms with E-state index in [1.54, 1.807) is 36.1 Å². The van der Waals surface area contributed by atoms with Gasteiger partial charge in [-0.2, -0.15) is 0 Å². The second-order valence-corrected chi connectivity index (χ2v) is 9.15. The molecule has 0 atom stereocenters. The fourth-order valence-electron chi connectivity index (χ4n) is 3.23. The Balaban J connectivity index is 1.64. The van der Waals surface area contributed by atoms with Crippen LogP contribution in [0.5, 0.6) is 5.75 Å². The van der Waals surface area contributed by atoms with E-state index >= 15 is 0 Å². The van der Waals surface area contributed by atoms with E-state index < -0.39 is 17.1 Å². The maximum Gasteiger partial charge on any atom is 0.344 e. The van der Waals surface area contributed by atoms with Crippen LogP contribution in [0, 0.1) is 3.57 Å². The molecule has 1 aromatic rings. The second kappa shape index (κ2) is 11.0. The first-order valence-corrected chi connectivity index (χ1v) is 11.9. The molecule has 1 aromatic carbocycles. The van der Waals surface area contributed by atoms with Crippen LogP contribution in [0.2, 0.25) is 0 Å². The lowest BCUT2D eigenvalue weighted by Crippen LogP contribution is -2.44. The molecule has 0 radical (unpaired) electrons. The first kappa shape index (κ1) is 23.6. The van der Waals surface area contributed by atoms with Crippen LogP contribution in [-0.4, -0.2) is 65.7 Å². The van der Waals surface area contributed by atoms with Gasteiger partial charge in [-0.15, -0.1) is 0 Å². The Labute approximate surface area is 198 Å². The molecule has 0 aliphatic carbocycles. The highest BCUT2D eigenvalue weighted by Gasteiger charge is 2.37. The molecule has 0 saturated carbocycles. The number of carbonyl (C=O) groups is 4. The van der Waals surface area contributed by atoms with Crippen molar-refractivity contribution in [2.75, 3.05) is 32.8 Å². The van der Waals surface area contributed by atoms with Gasteiger partial charge in [0.25, 0.3) is 11.1 Å². The Hall–Kier alpha value is -2.08. The highest BCUT2D eigenvalue weighted by molar-refractivity contribution is 14.1. The monoisotopic (exact) mass is 558 g/mol. The zero-order valence-corrected chi connectivity index (χ0v) is 20.1. The summed E-state index contributed by atoms with van der Waals surface area (Å²) in [5.74, 6) is -0.583. The van der Waals surface area contributed by atoms with E-state index in [2.05, 4.69) is 22.6 Å². The molecule has 2 aliphatic rings. The highest BCUT2D eigenvalue weighted by atomic mass is 127. The predicted octanol–water partition coefficient (Wildman–Crippen LogP) is 3.28. The Bertz CT molecular complexity index is 913. The van der Waals surface area contributed by atoms with Gasteiger partial charge in [0, 0.05) is 13.1 Å². The van der Waals surface area contributed by atoms with Gasteiger partial charge < -0.3 is 14.4 Å². The first-order valence-electron chi connectivity index (χ1n) is 10.00. The lowest BCUT2D eigenvalue weighted by molar-refractivity contribution is -0.145. The second-order valence-electron chi connectivity index (χ2n) is 6.99.